The summed E-state index contributed by atoms with van der Waals surface area (Å²) in [5, 5.41) is 3.04. The van der Waals surface area contributed by atoms with Crippen molar-refractivity contribution in [3.05, 3.63) is 22.5 Å². The van der Waals surface area contributed by atoms with E-state index in [2.05, 4.69) is 29.0 Å². The number of carbonyl (C=O) groups excluding carboxylic acids is 2. The van der Waals surface area contributed by atoms with Crippen molar-refractivity contribution in [3.8, 4) is 0 Å². The lowest BCUT2D eigenvalue weighted by Crippen LogP contribution is -2.34. The molecule has 142 valence electrons. The summed E-state index contributed by atoms with van der Waals surface area (Å²) in [4.78, 5) is 29.9. The monoisotopic (exact) mass is 351 g/mol. The van der Waals surface area contributed by atoms with Crippen molar-refractivity contribution in [3.63, 3.8) is 0 Å². The first kappa shape index (κ1) is 21.2. The molecule has 0 fully saturated rings. The quantitative estimate of drug-likeness (QED) is 0.635. The Morgan fingerprint density at radius 1 is 1.20 bits per heavy atom. The van der Waals surface area contributed by atoms with Gasteiger partial charge in [0.25, 0.3) is 5.91 Å². The van der Waals surface area contributed by atoms with E-state index in [4.69, 9.17) is 4.74 Å². The molecule has 0 spiro atoms. The van der Waals surface area contributed by atoms with Gasteiger partial charge >= 0.3 is 5.97 Å². The maximum Gasteiger partial charge on any atom is 0.355 e. The Bertz CT molecular complexity index is 577. The van der Waals surface area contributed by atoms with E-state index in [1.54, 1.807) is 20.8 Å². The van der Waals surface area contributed by atoms with Crippen LogP contribution in [0.15, 0.2) is 0 Å². The predicted octanol–water partition coefficient (Wildman–Crippen LogP) is 3.05. The van der Waals surface area contributed by atoms with Gasteiger partial charge in [0.2, 0.25) is 0 Å². The number of hydrogen-bond donors (Lipinski definition) is 2. The molecular formula is C19H33N3O3. The number of amides is 1. The fraction of sp³-hybridized carbons (Fsp3) is 0.684. The van der Waals surface area contributed by atoms with Crippen molar-refractivity contribution < 1.29 is 14.3 Å². The molecule has 0 aromatic carbocycles. The first-order valence-corrected chi connectivity index (χ1v) is 9.25. The van der Waals surface area contributed by atoms with Crippen LogP contribution in [-0.4, -0.2) is 54.0 Å². The molecule has 1 unspecified atom stereocenters. The molecule has 1 atom stereocenters. The summed E-state index contributed by atoms with van der Waals surface area (Å²) in [7, 11) is 0. The minimum atomic E-state index is -0.422. The lowest BCUT2D eigenvalue weighted by molar-refractivity contribution is 0.0519. The highest BCUT2D eigenvalue weighted by atomic mass is 16.5. The molecule has 1 rings (SSSR count). The summed E-state index contributed by atoms with van der Waals surface area (Å²) in [6.07, 6.45) is 1.97. The number of H-pyrrole nitrogens is 1. The highest BCUT2D eigenvalue weighted by molar-refractivity contribution is 6.01. The zero-order chi connectivity index (χ0) is 19.0. The van der Waals surface area contributed by atoms with Crippen molar-refractivity contribution in [2.24, 2.45) is 0 Å². The van der Waals surface area contributed by atoms with Gasteiger partial charge < -0.3 is 19.9 Å². The van der Waals surface area contributed by atoms with Crippen LogP contribution >= 0.6 is 0 Å². The van der Waals surface area contributed by atoms with Gasteiger partial charge in [-0.05, 0) is 65.7 Å². The Kier molecular flexibility index (Phi) is 8.69. The number of nitrogens with zero attached hydrogens (tertiary/aromatic N) is 1. The number of esters is 1. The van der Waals surface area contributed by atoms with Gasteiger partial charge in [0.1, 0.15) is 5.69 Å². The zero-order valence-corrected chi connectivity index (χ0v) is 16.5. The van der Waals surface area contributed by atoms with Crippen LogP contribution < -0.4 is 5.32 Å². The number of rotatable bonds is 10. The van der Waals surface area contributed by atoms with Crippen molar-refractivity contribution in [2.45, 2.75) is 60.4 Å². The second-order valence-electron chi connectivity index (χ2n) is 6.39. The molecule has 6 heteroatoms. The third-order valence-corrected chi connectivity index (χ3v) is 4.53. The van der Waals surface area contributed by atoms with Gasteiger partial charge in [-0.25, -0.2) is 4.79 Å². The molecule has 0 aliphatic rings. The largest absolute Gasteiger partial charge is 0.461 e. The first-order chi connectivity index (χ1) is 11.8. The van der Waals surface area contributed by atoms with E-state index < -0.39 is 5.97 Å². The summed E-state index contributed by atoms with van der Waals surface area (Å²) in [5.74, 6) is -0.563. The number of hydrogen-bond acceptors (Lipinski definition) is 4. The van der Waals surface area contributed by atoms with E-state index in [1.807, 2.05) is 6.92 Å². The van der Waals surface area contributed by atoms with Crippen LogP contribution in [0, 0.1) is 13.8 Å². The lowest BCUT2D eigenvalue weighted by atomic mass is 10.1. The van der Waals surface area contributed by atoms with Crippen LogP contribution in [0.4, 0.5) is 0 Å². The Morgan fingerprint density at radius 2 is 1.84 bits per heavy atom. The van der Waals surface area contributed by atoms with E-state index in [1.165, 1.54) is 0 Å². The molecule has 0 aliphatic heterocycles. The highest BCUT2D eigenvalue weighted by Gasteiger charge is 2.23. The van der Waals surface area contributed by atoms with Gasteiger partial charge in [-0.3, -0.25) is 4.79 Å². The standard InChI is InChI=1S/C19H33N3O3/c1-7-22(8-2)12-10-11-13(4)20-18(23)16-14(5)17(21-15(16)6)19(24)25-9-3/h13,21H,7-12H2,1-6H3,(H,20,23). The van der Waals surface area contributed by atoms with Crippen LogP contribution in [0.2, 0.25) is 0 Å². The van der Waals surface area contributed by atoms with Crippen LogP contribution in [-0.2, 0) is 4.74 Å². The smallest absolute Gasteiger partial charge is 0.355 e. The number of ether oxygens (including phenoxy) is 1. The number of nitrogens with one attached hydrogen (secondary N) is 2. The molecule has 1 amide bonds. The normalized spacial score (nSPS) is 12.3. The van der Waals surface area contributed by atoms with Crippen LogP contribution in [0.5, 0.6) is 0 Å². The summed E-state index contributed by atoms with van der Waals surface area (Å²) in [6.45, 7) is 15.1. The summed E-state index contributed by atoms with van der Waals surface area (Å²) in [5.41, 5.74) is 2.23. The van der Waals surface area contributed by atoms with Crippen LogP contribution in [0.3, 0.4) is 0 Å². The zero-order valence-electron chi connectivity index (χ0n) is 16.5. The molecular weight excluding hydrogens is 318 g/mol. The average Bonchev–Trinajstić information content (AvgIpc) is 2.86. The second kappa shape index (κ2) is 10.2. The molecule has 6 nitrogen and oxygen atoms in total. The summed E-state index contributed by atoms with van der Waals surface area (Å²) >= 11 is 0. The summed E-state index contributed by atoms with van der Waals surface area (Å²) in [6, 6.07) is 0.0859. The molecule has 1 aromatic heterocycles. The molecule has 2 N–H and O–H groups in total. The Labute approximate surface area is 151 Å². The topological polar surface area (TPSA) is 74.4 Å². The van der Waals surface area contributed by atoms with Gasteiger partial charge in [0, 0.05) is 11.7 Å². The third kappa shape index (κ3) is 5.88. The number of carbonyl (C=O) groups is 2. The van der Waals surface area contributed by atoms with E-state index in [0.717, 1.165) is 32.5 Å². The first-order valence-electron chi connectivity index (χ1n) is 9.25. The number of aromatic amines is 1. The molecule has 0 saturated heterocycles. The minimum absolute atomic E-state index is 0.0859. The molecule has 1 aromatic rings. The Morgan fingerprint density at radius 3 is 2.40 bits per heavy atom. The van der Waals surface area contributed by atoms with Crippen molar-refractivity contribution in [1.29, 1.82) is 0 Å². The van der Waals surface area contributed by atoms with E-state index in [9.17, 15) is 9.59 Å². The molecule has 0 aliphatic carbocycles. The minimum Gasteiger partial charge on any atom is -0.461 e. The lowest BCUT2D eigenvalue weighted by Gasteiger charge is -2.20. The SMILES string of the molecule is CCOC(=O)c1[nH]c(C)c(C(=O)NC(C)CCCN(CC)CC)c1C. The van der Waals surface area contributed by atoms with Crippen LogP contribution in [0.25, 0.3) is 0 Å². The van der Waals surface area contributed by atoms with Gasteiger partial charge in [-0.2, -0.15) is 0 Å². The second-order valence-corrected chi connectivity index (χ2v) is 6.39. The van der Waals surface area contributed by atoms with Gasteiger partial charge in [-0.1, -0.05) is 13.8 Å². The maximum atomic E-state index is 12.6. The van der Waals surface area contributed by atoms with E-state index in [-0.39, 0.29) is 11.9 Å². The molecule has 0 saturated carbocycles. The van der Waals surface area contributed by atoms with E-state index in [0.29, 0.717) is 29.1 Å². The molecule has 25 heavy (non-hydrogen) atoms. The fourth-order valence-electron chi connectivity index (χ4n) is 3.03. The average molecular weight is 351 g/mol. The number of aryl methyl sites for hydroxylation is 1. The van der Waals surface area contributed by atoms with E-state index >= 15 is 0 Å². The van der Waals surface area contributed by atoms with Crippen molar-refractivity contribution in [2.75, 3.05) is 26.2 Å². The Balaban J connectivity index is 2.66. The van der Waals surface area contributed by atoms with Crippen LogP contribution in [0.1, 0.15) is 72.6 Å². The maximum absolute atomic E-state index is 12.6. The van der Waals surface area contributed by atoms with Crippen molar-refractivity contribution >= 4 is 11.9 Å². The molecule has 0 bridgehead atoms. The molecule has 1 heterocycles. The third-order valence-electron chi connectivity index (χ3n) is 4.53. The summed E-state index contributed by atoms with van der Waals surface area (Å²) < 4.78 is 5.03. The van der Waals surface area contributed by atoms with Gasteiger partial charge in [-0.15, -0.1) is 0 Å². The van der Waals surface area contributed by atoms with Gasteiger partial charge in [0.05, 0.1) is 12.2 Å². The highest BCUT2D eigenvalue weighted by Crippen LogP contribution is 2.19. The van der Waals surface area contributed by atoms with Gasteiger partial charge in [0.15, 0.2) is 0 Å². The molecule has 0 radical (unpaired) electrons. The Hall–Kier alpha value is -1.82. The number of aromatic nitrogens is 1. The predicted molar refractivity (Wildman–Crippen MR) is 100 cm³/mol. The van der Waals surface area contributed by atoms with Crippen molar-refractivity contribution in [1.82, 2.24) is 15.2 Å². The fourth-order valence-corrected chi connectivity index (χ4v) is 3.03.